The van der Waals surface area contributed by atoms with Crippen molar-refractivity contribution in [3.63, 3.8) is 0 Å². The first-order valence-electron chi connectivity index (χ1n) is 6.38. The zero-order valence-electron chi connectivity index (χ0n) is 11.2. The average Bonchev–Trinajstić information content (AvgIpc) is 2.27. The van der Waals surface area contributed by atoms with E-state index in [2.05, 4.69) is 25.8 Å². The Morgan fingerprint density at radius 3 is 2.72 bits per heavy atom. The van der Waals surface area contributed by atoms with E-state index in [4.69, 9.17) is 17.3 Å². The van der Waals surface area contributed by atoms with Crippen LogP contribution in [0.15, 0.2) is 12.3 Å². The quantitative estimate of drug-likeness (QED) is 0.821. The summed E-state index contributed by atoms with van der Waals surface area (Å²) in [5, 5.41) is 11.5. The Balaban J connectivity index is 2.40. The summed E-state index contributed by atoms with van der Waals surface area (Å²) in [5.41, 5.74) is 5.95. The van der Waals surface area contributed by atoms with Crippen molar-refractivity contribution in [2.24, 2.45) is 11.3 Å². The Bertz CT molecular complexity index is 461. The van der Waals surface area contributed by atoms with Gasteiger partial charge < -0.3 is 10.8 Å². The summed E-state index contributed by atoms with van der Waals surface area (Å²) >= 11 is 5.97. The van der Waals surface area contributed by atoms with E-state index in [9.17, 15) is 5.11 Å². The van der Waals surface area contributed by atoms with E-state index in [-0.39, 0.29) is 11.3 Å². The van der Waals surface area contributed by atoms with Crippen LogP contribution in [-0.2, 0) is 5.60 Å². The van der Waals surface area contributed by atoms with Crippen molar-refractivity contribution >= 4 is 17.4 Å². The van der Waals surface area contributed by atoms with Crippen molar-refractivity contribution in [3.05, 3.63) is 22.8 Å². The molecule has 1 aromatic heterocycles. The number of pyridine rings is 1. The standard InChI is InChI=1S/C14H21ClN2O/c1-9-7-13(2,3)4-5-14(9,18)11-6-10(15)8-17-12(11)16/h6,8-9,18H,4-5,7H2,1-3H3,(H2,16,17). The Labute approximate surface area is 113 Å². The number of aliphatic hydroxyl groups is 1. The number of hydrogen-bond acceptors (Lipinski definition) is 3. The molecule has 1 fully saturated rings. The molecule has 0 bridgehead atoms. The molecule has 0 saturated heterocycles. The molecule has 0 aromatic carbocycles. The highest BCUT2D eigenvalue weighted by Gasteiger charge is 2.44. The number of nitrogens with two attached hydrogens (primary N) is 1. The third-order valence-corrected chi connectivity index (χ3v) is 4.42. The molecule has 1 heterocycles. The summed E-state index contributed by atoms with van der Waals surface area (Å²) in [7, 11) is 0. The molecule has 100 valence electrons. The predicted molar refractivity (Wildman–Crippen MR) is 74.4 cm³/mol. The van der Waals surface area contributed by atoms with Crippen LogP contribution < -0.4 is 5.73 Å². The van der Waals surface area contributed by atoms with Gasteiger partial charge in [-0.05, 0) is 36.7 Å². The van der Waals surface area contributed by atoms with Crippen molar-refractivity contribution < 1.29 is 5.11 Å². The predicted octanol–water partition coefficient (Wildman–Crippen LogP) is 3.35. The van der Waals surface area contributed by atoms with Gasteiger partial charge in [0.1, 0.15) is 5.82 Å². The molecule has 0 aliphatic heterocycles. The van der Waals surface area contributed by atoms with Gasteiger partial charge in [-0.2, -0.15) is 0 Å². The van der Waals surface area contributed by atoms with E-state index >= 15 is 0 Å². The van der Waals surface area contributed by atoms with Crippen LogP contribution in [0.1, 0.15) is 45.6 Å². The molecule has 3 nitrogen and oxygen atoms in total. The number of aromatic nitrogens is 1. The van der Waals surface area contributed by atoms with Gasteiger partial charge in [0.15, 0.2) is 0 Å². The molecular weight excluding hydrogens is 248 g/mol. The lowest BCUT2D eigenvalue weighted by atomic mass is 9.63. The van der Waals surface area contributed by atoms with E-state index in [0.717, 1.165) is 12.8 Å². The maximum absolute atomic E-state index is 11.0. The summed E-state index contributed by atoms with van der Waals surface area (Å²) in [5.74, 6) is 0.525. The van der Waals surface area contributed by atoms with E-state index < -0.39 is 5.60 Å². The zero-order chi connectivity index (χ0) is 13.6. The first-order chi connectivity index (χ1) is 8.24. The van der Waals surface area contributed by atoms with Crippen LogP contribution >= 0.6 is 11.6 Å². The van der Waals surface area contributed by atoms with Gasteiger partial charge in [-0.25, -0.2) is 4.98 Å². The fraction of sp³-hybridized carbons (Fsp3) is 0.643. The second-order valence-corrected chi connectivity index (χ2v) is 6.72. The lowest BCUT2D eigenvalue weighted by molar-refractivity contribution is -0.0765. The largest absolute Gasteiger partial charge is 0.385 e. The van der Waals surface area contributed by atoms with E-state index in [1.807, 2.05) is 0 Å². The van der Waals surface area contributed by atoms with Gasteiger partial charge >= 0.3 is 0 Å². The van der Waals surface area contributed by atoms with Crippen molar-refractivity contribution in [1.82, 2.24) is 4.98 Å². The third-order valence-electron chi connectivity index (χ3n) is 4.21. The lowest BCUT2D eigenvalue weighted by Gasteiger charge is -2.45. The lowest BCUT2D eigenvalue weighted by Crippen LogP contribution is -2.42. The number of rotatable bonds is 1. The van der Waals surface area contributed by atoms with Crippen LogP contribution in [0.5, 0.6) is 0 Å². The van der Waals surface area contributed by atoms with E-state index in [1.54, 1.807) is 6.07 Å². The van der Waals surface area contributed by atoms with Gasteiger partial charge in [0.05, 0.1) is 10.6 Å². The molecule has 0 radical (unpaired) electrons. The smallest absolute Gasteiger partial charge is 0.129 e. The van der Waals surface area contributed by atoms with Crippen LogP contribution in [0, 0.1) is 11.3 Å². The van der Waals surface area contributed by atoms with E-state index in [1.165, 1.54) is 6.20 Å². The Morgan fingerprint density at radius 2 is 2.11 bits per heavy atom. The fourth-order valence-electron chi connectivity index (χ4n) is 3.07. The van der Waals surface area contributed by atoms with Gasteiger partial charge in [-0.3, -0.25) is 0 Å². The van der Waals surface area contributed by atoms with Gasteiger partial charge in [-0.15, -0.1) is 0 Å². The number of anilines is 1. The zero-order valence-corrected chi connectivity index (χ0v) is 12.0. The van der Waals surface area contributed by atoms with E-state index in [0.29, 0.717) is 22.8 Å². The monoisotopic (exact) mass is 268 g/mol. The molecule has 2 unspecified atom stereocenters. The summed E-state index contributed by atoms with van der Waals surface area (Å²) in [6.07, 6.45) is 4.16. The van der Waals surface area contributed by atoms with Crippen LogP contribution in [0.2, 0.25) is 5.02 Å². The first-order valence-corrected chi connectivity index (χ1v) is 6.76. The third kappa shape index (κ3) is 2.34. The highest BCUT2D eigenvalue weighted by Crippen LogP contribution is 2.49. The van der Waals surface area contributed by atoms with Crippen LogP contribution in [0.4, 0.5) is 5.82 Å². The average molecular weight is 269 g/mol. The topological polar surface area (TPSA) is 59.1 Å². The van der Waals surface area contributed by atoms with Crippen LogP contribution in [-0.4, -0.2) is 10.1 Å². The van der Waals surface area contributed by atoms with Crippen molar-refractivity contribution in [2.75, 3.05) is 5.73 Å². The molecule has 0 spiro atoms. The van der Waals surface area contributed by atoms with Crippen molar-refractivity contribution in [3.8, 4) is 0 Å². The first kappa shape index (κ1) is 13.6. The Hall–Kier alpha value is -0.800. The maximum atomic E-state index is 11.0. The van der Waals surface area contributed by atoms with Crippen LogP contribution in [0.3, 0.4) is 0 Å². The molecule has 2 atom stereocenters. The van der Waals surface area contributed by atoms with Gasteiger partial charge in [0.2, 0.25) is 0 Å². The normalized spacial score (nSPS) is 31.3. The summed E-state index contributed by atoms with van der Waals surface area (Å²) < 4.78 is 0. The molecule has 1 aliphatic carbocycles. The van der Waals surface area contributed by atoms with Crippen molar-refractivity contribution in [1.29, 1.82) is 0 Å². The summed E-state index contributed by atoms with van der Waals surface area (Å²) in [4.78, 5) is 4.06. The highest BCUT2D eigenvalue weighted by molar-refractivity contribution is 6.30. The SMILES string of the molecule is CC1CC(C)(C)CCC1(O)c1cc(Cl)cnc1N. The molecule has 0 amide bonds. The van der Waals surface area contributed by atoms with Gasteiger partial charge in [0.25, 0.3) is 0 Å². The summed E-state index contributed by atoms with van der Waals surface area (Å²) in [6, 6.07) is 1.75. The molecule has 3 N–H and O–H groups in total. The summed E-state index contributed by atoms with van der Waals surface area (Å²) in [6.45, 7) is 6.55. The maximum Gasteiger partial charge on any atom is 0.129 e. The number of hydrogen-bond donors (Lipinski definition) is 2. The number of nitrogen functional groups attached to an aromatic ring is 1. The molecule has 1 aromatic rings. The second-order valence-electron chi connectivity index (χ2n) is 6.28. The van der Waals surface area contributed by atoms with Crippen molar-refractivity contribution in [2.45, 2.75) is 45.6 Å². The molecular formula is C14H21ClN2O. The minimum atomic E-state index is -0.905. The van der Waals surface area contributed by atoms with Gasteiger partial charge in [0, 0.05) is 11.8 Å². The fourth-order valence-corrected chi connectivity index (χ4v) is 3.23. The molecule has 18 heavy (non-hydrogen) atoms. The Kier molecular flexibility index (Phi) is 3.32. The Morgan fingerprint density at radius 1 is 1.44 bits per heavy atom. The van der Waals surface area contributed by atoms with Crippen LogP contribution in [0.25, 0.3) is 0 Å². The number of halogens is 1. The molecule has 1 saturated carbocycles. The minimum Gasteiger partial charge on any atom is -0.385 e. The number of nitrogens with zero attached hydrogens (tertiary/aromatic N) is 1. The van der Waals surface area contributed by atoms with Gasteiger partial charge in [-0.1, -0.05) is 32.4 Å². The molecule has 4 heteroatoms. The molecule has 2 rings (SSSR count). The second kappa shape index (κ2) is 4.39. The minimum absolute atomic E-state index is 0.142. The molecule has 1 aliphatic rings. The highest BCUT2D eigenvalue weighted by atomic mass is 35.5.